The van der Waals surface area contributed by atoms with E-state index in [0.29, 0.717) is 6.54 Å². The van der Waals surface area contributed by atoms with Gasteiger partial charge in [-0.2, -0.15) is 0 Å². The number of nitrogens with zero attached hydrogens (tertiary/aromatic N) is 2. The van der Waals surface area contributed by atoms with E-state index in [9.17, 15) is 9.18 Å². The molecule has 0 bridgehead atoms. The van der Waals surface area contributed by atoms with E-state index in [-0.39, 0.29) is 17.8 Å². The van der Waals surface area contributed by atoms with Crippen LogP contribution in [0.25, 0.3) is 17.0 Å². The normalized spacial score (nSPS) is 14.0. The number of halogens is 1. The maximum Gasteiger partial charge on any atom is 0.247 e. The number of hydrogen-bond acceptors (Lipinski definition) is 2. The summed E-state index contributed by atoms with van der Waals surface area (Å²) in [5.74, 6) is -0.286. The second kappa shape index (κ2) is 7.08. The first kappa shape index (κ1) is 16.5. The van der Waals surface area contributed by atoms with E-state index >= 15 is 0 Å². The van der Waals surface area contributed by atoms with Gasteiger partial charge in [0.15, 0.2) is 0 Å². The largest absolute Gasteiger partial charge is 0.332 e. The van der Waals surface area contributed by atoms with Crippen molar-refractivity contribution in [2.45, 2.75) is 25.4 Å². The highest BCUT2D eigenvalue weighted by Crippen LogP contribution is 2.29. The second-order valence-corrected chi connectivity index (χ2v) is 6.58. The zero-order valence-electron chi connectivity index (χ0n) is 14.3. The van der Waals surface area contributed by atoms with Crippen LogP contribution in [0.15, 0.2) is 66.9 Å². The van der Waals surface area contributed by atoms with Crippen LogP contribution in [-0.2, 0) is 11.3 Å². The van der Waals surface area contributed by atoms with Crippen LogP contribution in [0.5, 0.6) is 0 Å². The molecular weight excluding hydrogens is 327 g/mol. The van der Waals surface area contributed by atoms with Crippen molar-refractivity contribution in [2.24, 2.45) is 0 Å². The Balaban J connectivity index is 1.54. The van der Waals surface area contributed by atoms with Gasteiger partial charge in [-0.1, -0.05) is 36.4 Å². The van der Waals surface area contributed by atoms with Gasteiger partial charge in [0.1, 0.15) is 5.82 Å². The van der Waals surface area contributed by atoms with E-state index in [1.54, 1.807) is 24.4 Å². The smallest absolute Gasteiger partial charge is 0.247 e. The summed E-state index contributed by atoms with van der Waals surface area (Å²) in [7, 11) is 0. The third-order valence-electron chi connectivity index (χ3n) is 4.61. The summed E-state index contributed by atoms with van der Waals surface area (Å²) in [5, 5.41) is 1.05. The van der Waals surface area contributed by atoms with Gasteiger partial charge in [0, 0.05) is 35.8 Å². The topological polar surface area (TPSA) is 33.2 Å². The predicted molar refractivity (Wildman–Crippen MR) is 101 cm³/mol. The molecule has 1 aliphatic rings. The monoisotopic (exact) mass is 346 g/mol. The van der Waals surface area contributed by atoms with Gasteiger partial charge in [0.25, 0.3) is 0 Å². The Bertz CT molecular complexity index is 956. The maximum absolute atomic E-state index is 13.1. The number of aromatic nitrogens is 1. The lowest BCUT2D eigenvalue weighted by Gasteiger charge is -2.21. The van der Waals surface area contributed by atoms with Crippen molar-refractivity contribution in [3.05, 3.63) is 83.8 Å². The Morgan fingerprint density at radius 1 is 1.12 bits per heavy atom. The Hall–Kier alpha value is -3.01. The van der Waals surface area contributed by atoms with Gasteiger partial charge in [-0.3, -0.25) is 9.78 Å². The molecule has 1 fully saturated rings. The van der Waals surface area contributed by atoms with E-state index in [1.165, 1.54) is 12.1 Å². The summed E-state index contributed by atoms with van der Waals surface area (Å²) >= 11 is 0. The molecule has 4 heteroatoms. The van der Waals surface area contributed by atoms with E-state index in [0.717, 1.165) is 34.9 Å². The molecule has 0 N–H and O–H groups in total. The average Bonchev–Trinajstić information content (AvgIpc) is 3.50. The van der Waals surface area contributed by atoms with Gasteiger partial charge < -0.3 is 4.90 Å². The van der Waals surface area contributed by atoms with E-state index in [1.807, 2.05) is 41.3 Å². The number of fused-ring (bicyclic) bond motifs is 1. The van der Waals surface area contributed by atoms with Gasteiger partial charge in [-0.05, 0) is 42.7 Å². The second-order valence-electron chi connectivity index (χ2n) is 6.58. The van der Waals surface area contributed by atoms with Gasteiger partial charge in [-0.15, -0.1) is 0 Å². The SMILES string of the molecule is O=C(/C=C/c1cccc2cccnc12)N(Cc1ccc(F)cc1)C1CC1. The summed E-state index contributed by atoms with van der Waals surface area (Å²) in [6, 6.07) is 16.4. The molecular formula is C22H19FN2O. The highest BCUT2D eigenvalue weighted by molar-refractivity contribution is 5.95. The molecule has 1 aromatic heterocycles. The van der Waals surface area contributed by atoms with Crippen molar-refractivity contribution < 1.29 is 9.18 Å². The molecule has 1 saturated carbocycles. The van der Waals surface area contributed by atoms with Gasteiger partial charge in [0.05, 0.1) is 5.52 Å². The van der Waals surface area contributed by atoms with Crippen LogP contribution in [-0.4, -0.2) is 21.8 Å². The highest BCUT2D eigenvalue weighted by atomic mass is 19.1. The van der Waals surface area contributed by atoms with Crippen molar-refractivity contribution >= 4 is 22.9 Å². The van der Waals surface area contributed by atoms with Crippen LogP contribution in [0.1, 0.15) is 24.0 Å². The first-order chi connectivity index (χ1) is 12.7. The highest BCUT2D eigenvalue weighted by Gasteiger charge is 2.31. The van der Waals surface area contributed by atoms with Crippen molar-refractivity contribution in [3.63, 3.8) is 0 Å². The molecule has 0 aliphatic heterocycles. The van der Waals surface area contributed by atoms with E-state index in [2.05, 4.69) is 4.98 Å². The summed E-state index contributed by atoms with van der Waals surface area (Å²) < 4.78 is 13.1. The molecule has 0 unspecified atom stereocenters. The number of carbonyl (C=O) groups excluding carboxylic acids is 1. The van der Waals surface area contributed by atoms with Crippen molar-refractivity contribution in [3.8, 4) is 0 Å². The van der Waals surface area contributed by atoms with E-state index < -0.39 is 0 Å². The zero-order chi connectivity index (χ0) is 17.9. The zero-order valence-corrected chi connectivity index (χ0v) is 14.3. The fourth-order valence-corrected chi connectivity index (χ4v) is 3.08. The predicted octanol–water partition coefficient (Wildman–Crippen LogP) is 4.58. The lowest BCUT2D eigenvalue weighted by molar-refractivity contribution is -0.127. The summed E-state index contributed by atoms with van der Waals surface area (Å²) in [6.45, 7) is 0.502. The number of pyridine rings is 1. The number of amides is 1. The summed E-state index contributed by atoms with van der Waals surface area (Å²) in [4.78, 5) is 19.0. The maximum atomic E-state index is 13.1. The van der Waals surface area contributed by atoms with Crippen LogP contribution in [0, 0.1) is 5.82 Å². The third kappa shape index (κ3) is 3.64. The molecule has 0 atom stereocenters. The first-order valence-electron chi connectivity index (χ1n) is 8.77. The molecule has 0 saturated heterocycles. The van der Waals surface area contributed by atoms with Crippen LogP contribution in [0.2, 0.25) is 0 Å². The fraction of sp³-hybridized carbons (Fsp3) is 0.182. The summed E-state index contributed by atoms with van der Waals surface area (Å²) in [5.41, 5.74) is 2.75. The van der Waals surface area contributed by atoms with Gasteiger partial charge >= 0.3 is 0 Å². The molecule has 1 amide bonds. The minimum absolute atomic E-state index is 0.0234. The quantitative estimate of drug-likeness (QED) is 0.634. The molecule has 3 aromatic rings. The minimum Gasteiger partial charge on any atom is -0.332 e. The molecule has 4 rings (SSSR count). The number of para-hydroxylation sites is 1. The van der Waals surface area contributed by atoms with Gasteiger partial charge in [0.2, 0.25) is 5.91 Å². The minimum atomic E-state index is -0.263. The van der Waals surface area contributed by atoms with Crippen molar-refractivity contribution in [2.75, 3.05) is 0 Å². The van der Waals surface area contributed by atoms with Crippen LogP contribution in [0.4, 0.5) is 4.39 Å². The Kier molecular flexibility index (Phi) is 4.48. The number of hydrogen-bond donors (Lipinski definition) is 0. The number of carbonyl (C=O) groups is 1. The average molecular weight is 346 g/mol. The molecule has 1 aliphatic carbocycles. The van der Waals surface area contributed by atoms with Crippen LogP contribution in [0.3, 0.4) is 0 Å². The molecule has 0 radical (unpaired) electrons. The number of rotatable bonds is 5. The van der Waals surface area contributed by atoms with Gasteiger partial charge in [-0.25, -0.2) is 4.39 Å². The van der Waals surface area contributed by atoms with Crippen molar-refractivity contribution in [1.29, 1.82) is 0 Å². The molecule has 1 heterocycles. The fourth-order valence-electron chi connectivity index (χ4n) is 3.08. The molecule has 3 nitrogen and oxygen atoms in total. The van der Waals surface area contributed by atoms with Crippen LogP contribution < -0.4 is 0 Å². The third-order valence-corrected chi connectivity index (χ3v) is 4.61. The molecule has 2 aromatic carbocycles. The first-order valence-corrected chi connectivity index (χ1v) is 8.77. The lowest BCUT2D eigenvalue weighted by Crippen LogP contribution is -2.31. The van der Waals surface area contributed by atoms with Crippen LogP contribution >= 0.6 is 0 Å². The molecule has 26 heavy (non-hydrogen) atoms. The Labute approximate surface area is 151 Å². The summed E-state index contributed by atoms with van der Waals surface area (Å²) in [6.07, 6.45) is 7.25. The number of benzene rings is 2. The Morgan fingerprint density at radius 2 is 1.88 bits per heavy atom. The molecule has 130 valence electrons. The van der Waals surface area contributed by atoms with Crippen molar-refractivity contribution in [1.82, 2.24) is 9.88 Å². The standard InChI is InChI=1S/C22H19FN2O/c23-19-9-6-16(7-10-19)15-25(20-11-12-20)21(26)13-8-18-4-1-3-17-5-2-14-24-22(17)18/h1-10,13-14,20H,11-12,15H2/b13-8+. The molecule has 0 spiro atoms. The Morgan fingerprint density at radius 3 is 2.65 bits per heavy atom. The van der Waals surface area contributed by atoms with E-state index in [4.69, 9.17) is 0 Å². The lowest BCUT2D eigenvalue weighted by atomic mass is 10.1.